The Balaban J connectivity index is 1.90. The molecule has 1 aromatic carbocycles. The monoisotopic (exact) mass is 384 g/mol. The highest BCUT2D eigenvalue weighted by atomic mass is 32.2. The number of benzene rings is 1. The van der Waals surface area contributed by atoms with Crippen LogP contribution >= 0.6 is 23.5 Å². The van der Waals surface area contributed by atoms with Crippen molar-refractivity contribution in [2.75, 3.05) is 38.9 Å². The molecule has 5 nitrogen and oxygen atoms in total. The molecule has 1 atom stereocenters. The lowest BCUT2D eigenvalue weighted by atomic mass is 9.74. The van der Waals surface area contributed by atoms with Crippen molar-refractivity contribution in [3.8, 4) is 11.5 Å². The Kier molecular flexibility index (Phi) is 4.44. The number of fused-ring (bicyclic) bond motifs is 2. The summed E-state index contributed by atoms with van der Waals surface area (Å²) in [6, 6.07) is 3.88. The van der Waals surface area contributed by atoms with Crippen LogP contribution in [0.15, 0.2) is 12.1 Å². The van der Waals surface area contributed by atoms with Gasteiger partial charge in [-0.15, -0.1) is 23.5 Å². The fourth-order valence-corrected chi connectivity index (χ4v) is 7.77. The summed E-state index contributed by atoms with van der Waals surface area (Å²) in [5, 5.41) is 11.7. The van der Waals surface area contributed by atoms with Gasteiger partial charge in [0.15, 0.2) is 5.79 Å². The molecule has 2 fully saturated rings. The van der Waals surface area contributed by atoms with E-state index < -0.39 is 11.4 Å². The minimum atomic E-state index is -1.12. The molecule has 4 rings (SSSR count). The first-order valence-electron chi connectivity index (χ1n) is 8.49. The van der Waals surface area contributed by atoms with Crippen molar-refractivity contribution < 1.29 is 24.1 Å². The van der Waals surface area contributed by atoms with E-state index in [1.54, 1.807) is 14.2 Å². The van der Waals surface area contributed by atoms with Crippen LogP contribution in [0.3, 0.4) is 0 Å². The van der Waals surface area contributed by atoms with Crippen LogP contribution in [0.25, 0.3) is 0 Å². The third-order valence-electron chi connectivity index (χ3n) is 5.48. The Bertz CT molecular complexity index is 668. The minimum Gasteiger partial charge on any atom is -0.496 e. The zero-order valence-corrected chi connectivity index (χ0v) is 16.4. The Hall–Kier alpha value is -0.600. The second-order valence-electron chi connectivity index (χ2n) is 6.80. The average Bonchev–Trinajstić information content (AvgIpc) is 3.24. The maximum absolute atomic E-state index is 11.7. The van der Waals surface area contributed by atoms with Gasteiger partial charge in [-0.05, 0) is 19.1 Å². The van der Waals surface area contributed by atoms with Crippen molar-refractivity contribution in [3.05, 3.63) is 23.3 Å². The standard InChI is InChI=1S/C18H24O5S2/c1-16(22-6-7-23-16)17(19)10-12-13(20-2)4-5-14(21-3)15(12)18(11-17)24-8-9-25-18/h4-5,19H,6-11H2,1-3H3/t17-/m1/s1. The van der Waals surface area contributed by atoms with Gasteiger partial charge in [0.2, 0.25) is 0 Å². The lowest BCUT2D eigenvalue weighted by Crippen LogP contribution is -2.59. The molecule has 138 valence electrons. The average molecular weight is 385 g/mol. The third-order valence-corrected chi connectivity index (χ3v) is 8.90. The molecule has 1 spiro atoms. The summed E-state index contributed by atoms with van der Waals surface area (Å²) in [5.74, 6) is 2.72. The second kappa shape index (κ2) is 6.23. The summed E-state index contributed by atoms with van der Waals surface area (Å²) < 4.78 is 22.8. The smallest absolute Gasteiger partial charge is 0.195 e. The molecule has 3 aliphatic rings. The Morgan fingerprint density at radius 1 is 1.04 bits per heavy atom. The predicted molar refractivity (Wildman–Crippen MR) is 99.7 cm³/mol. The molecule has 2 heterocycles. The zero-order valence-electron chi connectivity index (χ0n) is 14.8. The van der Waals surface area contributed by atoms with E-state index in [1.807, 2.05) is 42.6 Å². The highest BCUT2D eigenvalue weighted by Crippen LogP contribution is 2.64. The SMILES string of the molecule is COc1ccc(OC)c2c1C[C@](O)(C1(C)OCCO1)CC21SCCS1. The molecule has 0 radical (unpaired) electrons. The van der Waals surface area contributed by atoms with Gasteiger partial charge >= 0.3 is 0 Å². The maximum atomic E-state index is 11.7. The van der Waals surface area contributed by atoms with Gasteiger partial charge in [-0.3, -0.25) is 0 Å². The van der Waals surface area contributed by atoms with Gasteiger partial charge in [-0.25, -0.2) is 0 Å². The third kappa shape index (κ3) is 2.58. The molecule has 0 unspecified atom stereocenters. The van der Waals surface area contributed by atoms with E-state index in [9.17, 15) is 5.11 Å². The van der Waals surface area contributed by atoms with Gasteiger partial charge in [0.25, 0.3) is 0 Å². The molecule has 25 heavy (non-hydrogen) atoms. The molecule has 7 heteroatoms. The van der Waals surface area contributed by atoms with Gasteiger partial charge in [-0.2, -0.15) is 0 Å². The molecular formula is C18H24O5S2. The van der Waals surface area contributed by atoms with Crippen LogP contribution in [0.4, 0.5) is 0 Å². The topological polar surface area (TPSA) is 57.2 Å². The first-order chi connectivity index (χ1) is 12.0. The summed E-state index contributed by atoms with van der Waals surface area (Å²) in [4.78, 5) is 0. The second-order valence-corrected chi connectivity index (χ2v) is 9.85. The quantitative estimate of drug-likeness (QED) is 0.860. The first kappa shape index (κ1) is 17.8. The molecule has 1 aliphatic carbocycles. The van der Waals surface area contributed by atoms with Crippen molar-refractivity contribution in [3.63, 3.8) is 0 Å². The number of thioether (sulfide) groups is 2. The van der Waals surface area contributed by atoms with Crippen molar-refractivity contribution in [1.82, 2.24) is 0 Å². The van der Waals surface area contributed by atoms with Gasteiger partial charge in [0.1, 0.15) is 17.1 Å². The van der Waals surface area contributed by atoms with Crippen LogP contribution in [-0.4, -0.2) is 55.4 Å². The van der Waals surface area contributed by atoms with Crippen molar-refractivity contribution in [2.24, 2.45) is 0 Å². The summed E-state index contributed by atoms with van der Waals surface area (Å²) in [7, 11) is 3.37. The molecule has 0 saturated carbocycles. The van der Waals surface area contributed by atoms with Gasteiger partial charge in [0.05, 0.1) is 31.5 Å². The van der Waals surface area contributed by atoms with E-state index in [2.05, 4.69) is 0 Å². The number of ether oxygens (including phenoxy) is 4. The van der Waals surface area contributed by atoms with E-state index in [1.165, 1.54) is 0 Å². The number of aliphatic hydroxyl groups is 1. The number of hydrogen-bond acceptors (Lipinski definition) is 7. The van der Waals surface area contributed by atoms with Crippen LogP contribution in [0.5, 0.6) is 11.5 Å². The lowest BCUT2D eigenvalue weighted by Gasteiger charge is -2.49. The van der Waals surface area contributed by atoms with E-state index in [0.29, 0.717) is 26.1 Å². The van der Waals surface area contributed by atoms with E-state index >= 15 is 0 Å². The molecule has 0 amide bonds. The van der Waals surface area contributed by atoms with Gasteiger partial charge < -0.3 is 24.1 Å². The molecule has 0 bridgehead atoms. The lowest BCUT2D eigenvalue weighted by molar-refractivity contribution is -0.263. The maximum Gasteiger partial charge on any atom is 0.195 e. The summed E-state index contributed by atoms with van der Waals surface area (Å²) in [6.07, 6.45) is 0.977. The van der Waals surface area contributed by atoms with Gasteiger partial charge in [-0.1, -0.05) is 0 Å². The number of hydrogen-bond donors (Lipinski definition) is 1. The van der Waals surface area contributed by atoms with E-state index in [0.717, 1.165) is 34.1 Å². The van der Waals surface area contributed by atoms with E-state index in [-0.39, 0.29) is 4.08 Å². The van der Waals surface area contributed by atoms with Gasteiger partial charge in [0, 0.05) is 35.5 Å². The fourth-order valence-electron chi connectivity index (χ4n) is 4.20. The summed E-state index contributed by atoms with van der Waals surface area (Å²) >= 11 is 3.75. The minimum absolute atomic E-state index is 0.277. The molecular weight excluding hydrogens is 360 g/mol. The molecule has 1 N–H and O–H groups in total. The molecule has 2 aliphatic heterocycles. The summed E-state index contributed by atoms with van der Waals surface area (Å²) in [6.45, 7) is 2.87. The Labute approximate surface area is 156 Å². The van der Waals surface area contributed by atoms with E-state index in [4.69, 9.17) is 18.9 Å². The number of methoxy groups -OCH3 is 2. The van der Waals surface area contributed by atoms with Crippen molar-refractivity contribution in [2.45, 2.75) is 35.2 Å². The van der Waals surface area contributed by atoms with Crippen LogP contribution in [0.1, 0.15) is 24.5 Å². The normalized spacial score (nSPS) is 29.6. The first-order valence-corrected chi connectivity index (χ1v) is 10.5. The predicted octanol–water partition coefficient (Wildman–Crippen LogP) is 2.78. The largest absolute Gasteiger partial charge is 0.496 e. The molecule has 0 aromatic heterocycles. The highest BCUT2D eigenvalue weighted by molar-refractivity contribution is 8.20. The van der Waals surface area contributed by atoms with Crippen LogP contribution in [0, 0.1) is 0 Å². The Morgan fingerprint density at radius 3 is 2.24 bits per heavy atom. The number of rotatable bonds is 3. The molecule has 1 aromatic rings. The van der Waals surface area contributed by atoms with Crippen LogP contribution in [-0.2, 0) is 20.0 Å². The Morgan fingerprint density at radius 2 is 1.64 bits per heavy atom. The zero-order chi connectivity index (χ0) is 17.7. The molecule has 2 saturated heterocycles. The summed E-state index contributed by atoms with van der Waals surface area (Å²) in [5.41, 5.74) is 1.02. The fraction of sp³-hybridized carbons (Fsp3) is 0.667. The van der Waals surface area contributed by atoms with Crippen LogP contribution in [0.2, 0.25) is 0 Å². The van der Waals surface area contributed by atoms with Crippen molar-refractivity contribution >= 4 is 23.5 Å². The van der Waals surface area contributed by atoms with Crippen molar-refractivity contribution in [1.29, 1.82) is 0 Å². The van der Waals surface area contributed by atoms with Crippen LogP contribution < -0.4 is 9.47 Å². The highest BCUT2D eigenvalue weighted by Gasteiger charge is 2.61.